The largest absolute Gasteiger partial charge is 0.349 e. The van der Waals surface area contributed by atoms with Crippen molar-refractivity contribution in [1.29, 1.82) is 0 Å². The normalized spacial score (nSPS) is 27.6. The summed E-state index contributed by atoms with van der Waals surface area (Å²) >= 11 is 0. The van der Waals surface area contributed by atoms with Gasteiger partial charge in [-0.1, -0.05) is 18.6 Å². The first-order valence-corrected chi connectivity index (χ1v) is 9.19. The molecule has 0 spiro atoms. The molecule has 0 radical (unpaired) electrons. The highest BCUT2D eigenvalue weighted by atomic mass is 32.2. The first-order chi connectivity index (χ1) is 9.92. The van der Waals surface area contributed by atoms with Crippen molar-refractivity contribution >= 4 is 21.6 Å². The first-order valence-electron chi connectivity index (χ1n) is 7.30. The zero-order chi connectivity index (χ0) is 15.0. The van der Waals surface area contributed by atoms with Gasteiger partial charge in [-0.2, -0.15) is 0 Å². The van der Waals surface area contributed by atoms with Crippen molar-refractivity contribution in [3.63, 3.8) is 0 Å². The van der Waals surface area contributed by atoms with Gasteiger partial charge in [0.15, 0.2) is 0 Å². The lowest BCUT2D eigenvalue weighted by Gasteiger charge is -2.23. The van der Waals surface area contributed by atoms with Crippen LogP contribution in [-0.2, 0) is 10.0 Å². The van der Waals surface area contributed by atoms with Crippen LogP contribution in [0, 0.1) is 11.8 Å². The van der Waals surface area contributed by atoms with Gasteiger partial charge in [-0.05, 0) is 43.2 Å². The van der Waals surface area contributed by atoms with Crippen LogP contribution in [0.2, 0.25) is 0 Å². The monoisotopic (exact) mass is 308 g/mol. The molecule has 6 heteroatoms. The van der Waals surface area contributed by atoms with Crippen LogP contribution in [0.1, 0.15) is 36.0 Å². The fourth-order valence-electron chi connectivity index (χ4n) is 3.64. The summed E-state index contributed by atoms with van der Waals surface area (Å²) in [5.41, 5.74) is 0.714. The van der Waals surface area contributed by atoms with Gasteiger partial charge in [0.2, 0.25) is 10.0 Å². The zero-order valence-electron chi connectivity index (χ0n) is 12.0. The Hall–Kier alpha value is -1.56. The van der Waals surface area contributed by atoms with Crippen LogP contribution in [0.4, 0.5) is 5.69 Å². The number of amides is 1. The number of hydrogen-bond donors (Lipinski definition) is 2. The van der Waals surface area contributed by atoms with Gasteiger partial charge in [-0.3, -0.25) is 9.52 Å². The Balaban J connectivity index is 1.75. The second-order valence-electron chi connectivity index (χ2n) is 6.17. The number of anilines is 1. The van der Waals surface area contributed by atoms with E-state index in [4.69, 9.17) is 0 Å². The number of rotatable bonds is 4. The van der Waals surface area contributed by atoms with E-state index in [9.17, 15) is 13.2 Å². The van der Waals surface area contributed by atoms with Crippen LogP contribution in [0.3, 0.4) is 0 Å². The maximum absolute atomic E-state index is 12.4. The molecule has 2 bridgehead atoms. The maximum Gasteiger partial charge on any atom is 0.253 e. The van der Waals surface area contributed by atoms with Gasteiger partial charge in [-0.15, -0.1) is 0 Å². The van der Waals surface area contributed by atoms with Gasteiger partial charge in [0.1, 0.15) is 0 Å². The summed E-state index contributed by atoms with van der Waals surface area (Å²) in [5, 5.41) is 3.08. The number of hydrogen-bond acceptors (Lipinski definition) is 3. The molecule has 0 saturated heterocycles. The molecule has 114 valence electrons. The fourth-order valence-corrected chi connectivity index (χ4v) is 4.21. The van der Waals surface area contributed by atoms with E-state index >= 15 is 0 Å². The van der Waals surface area contributed by atoms with Crippen LogP contribution < -0.4 is 10.0 Å². The predicted octanol–water partition coefficient (Wildman–Crippen LogP) is 1.98. The third-order valence-electron chi connectivity index (χ3n) is 4.52. The van der Waals surface area contributed by atoms with Crippen LogP contribution in [0.5, 0.6) is 0 Å². The SMILES string of the molecule is CS(=O)(=O)Nc1ccccc1C(=O)N[C@@H]1C[C@@H]2CC[C@@H]1C2. The van der Waals surface area contributed by atoms with E-state index < -0.39 is 10.0 Å². The summed E-state index contributed by atoms with van der Waals surface area (Å²) in [6, 6.07) is 6.94. The topological polar surface area (TPSA) is 75.3 Å². The minimum atomic E-state index is -3.40. The average Bonchev–Trinajstić information content (AvgIpc) is 2.99. The molecular weight excluding hydrogens is 288 g/mol. The van der Waals surface area contributed by atoms with Crippen molar-refractivity contribution in [2.75, 3.05) is 11.0 Å². The molecule has 2 fully saturated rings. The Labute approximate surface area is 125 Å². The zero-order valence-corrected chi connectivity index (χ0v) is 12.8. The second-order valence-corrected chi connectivity index (χ2v) is 7.92. The van der Waals surface area contributed by atoms with Crippen molar-refractivity contribution in [2.24, 2.45) is 11.8 Å². The Morgan fingerprint density at radius 2 is 1.95 bits per heavy atom. The van der Waals surface area contributed by atoms with Crippen LogP contribution in [0.15, 0.2) is 24.3 Å². The molecule has 3 rings (SSSR count). The van der Waals surface area contributed by atoms with Gasteiger partial charge < -0.3 is 5.32 Å². The molecule has 0 aromatic heterocycles. The molecule has 2 aliphatic carbocycles. The summed E-state index contributed by atoms with van der Waals surface area (Å²) in [7, 11) is -3.40. The van der Waals surface area contributed by atoms with E-state index in [1.807, 2.05) is 0 Å². The van der Waals surface area contributed by atoms with E-state index in [1.165, 1.54) is 19.3 Å². The van der Waals surface area contributed by atoms with E-state index in [0.717, 1.165) is 18.6 Å². The molecule has 1 amide bonds. The smallest absolute Gasteiger partial charge is 0.253 e. The van der Waals surface area contributed by atoms with Crippen molar-refractivity contribution < 1.29 is 13.2 Å². The van der Waals surface area contributed by atoms with E-state index in [2.05, 4.69) is 10.0 Å². The van der Waals surface area contributed by atoms with Crippen molar-refractivity contribution in [2.45, 2.75) is 31.7 Å². The summed E-state index contributed by atoms with van der Waals surface area (Å²) in [5.74, 6) is 1.15. The van der Waals surface area contributed by atoms with E-state index in [-0.39, 0.29) is 11.9 Å². The van der Waals surface area contributed by atoms with Gasteiger partial charge in [-0.25, -0.2) is 8.42 Å². The van der Waals surface area contributed by atoms with Gasteiger partial charge in [0.05, 0.1) is 17.5 Å². The summed E-state index contributed by atoms with van der Waals surface area (Å²) < 4.78 is 25.2. The summed E-state index contributed by atoms with van der Waals surface area (Å²) in [6.45, 7) is 0. The predicted molar refractivity (Wildman–Crippen MR) is 81.6 cm³/mol. The molecule has 3 atom stereocenters. The third kappa shape index (κ3) is 3.20. The van der Waals surface area contributed by atoms with E-state index in [1.54, 1.807) is 24.3 Å². The molecule has 0 aliphatic heterocycles. The lowest BCUT2D eigenvalue weighted by Crippen LogP contribution is -2.38. The van der Waals surface area contributed by atoms with Crippen LogP contribution in [-0.4, -0.2) is 26.6 Å². The molecule has 2 N–H and O–H groups in total. The number of para-hydroxylation sites is 1. The molecule has 2 saturated carbocycles. The highest BCUT2D eigenvalue weighted by molar-refractivity contribution is 7.92. The standard InChI is InChI=1S/C15H20N2O3S/c1-21(19,20)17-13-5-3-2-4-12(13)15(18)16-14-9-10-6-7-11(14)8-10/h2-5,10-11,14,17H,6-9H2,1H3,(H,16,18)/t10-,11-,14-/m1/s1. The Kier molecular flexibility index (Phi) is 3.65. The van der Waals surface area contributed by atoms with Gasteiger partial charge in [0, 0.05) is 6.04 Å². The minimum absolute atomic E-state index is 0.195. The molecule has 5 nitrogen and oxygen atoms in total. The molecule has 1 aromatic carbocycles. The highest BCUT2D eigenvalue weighted by Crippen LogP contribution is 2.44. The average molecular weight is 308 g/mol. The molecule has 0 unspecified atom stereocenters. The number of benzene rings is 1. The summed E-state index contributed by atoms with van der Waals surface area (Å²) in [6.07, 6.45) is 5.83. The lowest BCUT2D eigenvalue weighted by atomic mass is 9.95. The van der Waals surface area contributed by atoms with Crippen molar-refractivity contribution in [1.82, 2.24) is 5.32 Å². The third-order valence-corrected chi connectivity index (χ3v) is 5.11. The van der Waals surface area contributed by atoms with Crippen molar-refractivity contribution in [3.8, 4) is 0 Å². The number of carbonyl (C=O) groups is 1. The van der Waals surface area contributed by atoms with E-state index in [0.29, 0.717) is 17.2 Å². The maximum atomic E-state index is 12.4. The Morgan fingerprint density at radius 1 is 1.19 bits per heavy atom. The van der Waals surface area contributed by atoms with Crippen molar-refractivity contribution in [3.05, 3.63) is 29.8 Å². The fraction of sp³-hybridized carbons (Fsp3) is 0.533. The van der Waals surface area contributed by atoms with Gasteiger partial charge in [0.25, 0.3) is 5.91 Å². The number of fused-ring (bicyclic) bond motifs is 2. The number of nitrogens with one attached hydrogen (secondary N) is 2. The molecule has 0 heterocycles. The molecule has 21 heavy (non-hydrogen) atoms. The lowest BCUT2D eigenvalue weighted by molar-refractivity contribution is 0.0924. The van der Waals surface area contributed by atoms with Crippen LogP contribution in [0.25, 0.3) is 0 Å². The quantitative estimate of drug-likeness (QED) is 0.893. The number of sulfonamides is 1. The second kappa shape index (κ2) is 5.33. The Bertz CT molecular complexity index is 657. The number of carbonyl (C=O) groups excluding carboxylic acids is 1. The Morgan fingerprint density at radius 3 is 2.57 bits per heavy atom. The molecule has 1 aromatic rings. The first kappa shape index (κ1) is 14.4. The molecule has 2 aliphatic rings. The highest BCUT2D eigenvalue weighted by Gasteiger charge is 2.40. The van der Waals surface area contributed by atoms with Gasteiger partial charge >= 0.3 is 0 Å². The minimum Gasteiger partial charge on any atom is -0.349 e. The summed E-state index contributed by atoms with van der Waals surface area (Å²) in [4.78, 5) is 12.4. The van der Waals surface area contributed by atoms with Crippen LogP contribution >= 0.6 is 0 Å². The molecular formula is C15H20N2O3S.